The summed E-state index contributed by atoms with van der Waals surface area (Å²) in [5.74, 6) is 1.13. The molecule has 0 amide bonds. The fraction of sp³-hybridized carbons (Fsp3) is 0.500. The van der Waals surface area contributed by atoms with Gasteiger partial charge in [-0.1, -0.05) is 30.3 Å². The summed E-state index contributed by atoms with van der Waals surface area (Å²) in [5, 5.41) is 3.61. The van der Waals surface area contributed by atoms with Gasteiger partial charge >= 0.3 is 0 Å². The Hall–Kier alpha value is -1.65. The Morgan fingerprint density at radius 1 is 1.14 bits per heavy atom. The molecule has 2 aliphatic rings. The zero-order valence-electron chi connectivity index (χ0n) is 13.0. The lowest BCUT2D eigenvalue weighted by Crippen LogP contribution is -2.37. The Morgan fingerprint density at radius 2 is 2.05 bits per heavy atom. The highest BCUT2D eigenvalue weighted by molar-refractivity contribution is 5.58. The molecule has 2 fully saturated rings. The molecular weight excluding hydrogens is 272 g/mol. The normalized spacial score (nSPS) is 25.8. The second-order valence-corrected chi connectivity index (χ2v) is 6.49. The molecule has 2 aliphatic heterocycles. The number of aromatic nitrogens is 2. The molecule has 2 N–H and O–H groups in total. The minimum Gasteiger partial charge on any atom is -0.341 e. The maximum atomic E-state index is 4.68. The van der Waals surface area contributed by atoms with E-state index in [4.69, 9.17) is 0 Å². The van der Waals surface area contributed by atoms with E-state index in [9.17, 15) is 0 Å². The fourth-order valence-electron chi connectivity index (χ4n) is 3.82. The molecular formula is C18H24N4. The van der Waals surface area contributed by atoms with E-state index in [0.29, 0.717) is 12.1 Å². The first-order chi connectivity index (χ1) is 10.9. The Labute approximate surface area is 131 Å². The summed E-state index contributed by atoms with van der Waals surface area (Å²) in [4.78, 5) is 10.8. The van der Waals surface area contributed by atoms with E-state index < -0.39 is 0 Å². The summed E-state index contributed by atoms with van der Waals surface area (Å²) in [5.41, 5.74) is 2.34. The van der Waals surface area contributed by atoms with E-state index in [1.807, 2.05) is 12.3 Å². The van der Waals surface area contributed by atoms with Gasteiger partial charge in [0.25, 0.3) is 0 Å². The SMILES string of the molecule is c1ccc(-c2cnc([C@@H]3CCCN3C[C@@H]3CCCN3)[nH]2)cc1. The predicted molar refractivity (Wildman–Crippen MR) is 88.6 cm³/mol. The van der Waals surface area contributed by atoms with Crippen LogP contribution in [0.2, 0.25) is 0 Å². The number of imidazole rings is 1. The number of rotatable bonds is 4. The minimum atomic E-state index is 0.458. The van der Waals surface area contributed by atoms with Crippen LogP contribution in [0.15, 0.2) is 36.5 Å². The van der Waals surface area contributed by atoms with Gasteiger partial charge < -0.3 is 10.3 Å². The highest BCUT2D eigenvalue weighted by Gasteiger charge is 2.30. The summed E-state index contributed by atoms with van der Waals surface area (Å²) in [6, 6.07) is 11.6. The minimum absolute atomic E-state index is 0.458. The van der Waals surface area contributed by atoms with Crippen LogP contribution in [0, 0.1) is 0 Å². The van der Waals surface area contributed by atoms with Crippen LogP contribution in [-0.2, 0) is 0 Å². The van der Waals surface area contributed by atoms with Crippen molar-refractivity contribution in [1.29, 1.82) is 0 Å². The van der Waals surface area contributed by atoms with Gasteiger partial charge in [0.15, 0.2) is 0 Å². The van der Waals surface area contributed by atoms with Gasteiger partial charge in [-0.2, -0.15) is 0 Å². The van der Waals surface area contributed by atoms with Gasteiger partial charge in [0.2, 0.25) is 0 Å². The second kappa shape index (κ2) is 6.23. The molecule has 4 nitrogen and oxygen atoms in total. The van der Waals surface area contributed by atoms with Gasteiger partial charge in [-0.05, 0) is 44.3 Å². The van der Waals surface area contributed by atoms with E-state index in [2.05, 4.69) is 44.5 Å². The topological polar surface area (TPSA) is 44.0 Å². The first-order valence-electron chi connectivity index (χ1n) is 8.48. The van der Waals surface area contributed by atoms with E-state index >= 15 is 0 Å². The lowest BCUT2D eigenvalue weighted by molar-refractivity contribution is 0.227. The molecule has 2 atom stereocenters. The zero-order valence-corrected chi connectivity index (χ0v) is 13.0. The van der Waals surface area contributed by atoms with Crippen molar-refractivity contribution in [3.05, 3.63) is 42.4 Å². The number of benzene rings is 1. The lowest BCUT2D eigenvalue weighted by atomic mass is 10.1. The van der Waals surface area contributed by atoms with Crippen molar-refractivity contribution >= 4 is 0 Å². The molecule has 0 bridgehead atoms. The molecule has 2 aromatic rings. The third-order valence-electron chi connectivity index (χ3n) is 4.98. The van der Waals surface area contributed by atoms with Crippen molar-refractivity contribution in [1.82, 2.24) is 20.2 Å². The molecule has 0 unspecified atom stereocenters. The number of H-pyrrole nitrogens is 1. The molecule has 1 aromatic heterocycles. The summed E-state index contributed by atoms with van der Waals surface area (Å²) >= 11 is 0. The van der Waals surface area contributed by atoms with Gasteiger partial charge in [0, 0.05) is 12.6 Å². The van der Waals surface area contributed by atoms with E-state index in [1.54, 1.807) is 0 Å². The fourth-order valence-corrected chi connectivity index (χ4v) is 3.82. The molecule has 1 aromatic carbocycles. The summed E-state index contributed by atoms with van der Waals surface area (Å²) < 4.78 is 0. The summed E-state index contributed by atoms with van der Waals surface area (Å²) in [6.07, 6.45) is 7.11. The number of likely N-dealkylation sites (tertiary alicyclic amines) is 1. The second-order valence-electron chi connectivity index (χ2n) is 6.49. The lowest BCUT2D eigenvalue weighted by Gasteiger charge is -2.26. The molecule has 3 heterocycles. The molecule has 0 radical (unpaired) electrons. The van der Waals surface area contributed by atoms with Crippen molar-refractivity contribution in [3.63, 3.8) is 0 Å². The Balaban J connectivity index is 1.50. The van der Waals surface area contributed by atoms with Crippen LogP contribution in [0.3, 0.4) is 0 Å². The summed E-state index contributed by atoms with van der Waals surface area (Å²) in [7, 11) is 0. The largest absolute Gasteiger partial charge is 0.341 e. The number of hydrogen-bond acceptors (Lipinski definition) is 3. The maximum absolute atomic E-state index is 4.68. The molecule has 4 rings (SSSR count). The average molecular weight is 296 g/mol. The Bertz CT molecular complexity index is 601. The zero-order chi connectivity index (χ0) is 14.8. The standard InChI is InChI=1S/C18H24N4/c1-2-6-14(7-3-1)16-12-20-18(21-16)17-9-5-11-22(17)13-15-8-4-10-19-15/h1-3,6-7,12,15,17,19H,4-5,8-11,13H2,(H,20,21)/t15-,17-/m0/s1. The van der Waals surface area contributed by atoms with Crippen LogP contribution < -0.4 is 5.32 Å². The maximum Gasteiger partial charge on any atom is 0.123 e. The van der Waals surface area contributed by atoms with E-state index in [1.165, 1.54) is 44.3 Å². The Kier molecular flexibility index (Phi) is 3.95. The third-order valence-corrected chi connectivity index (χ3v) is 4.98. The first-order valence-corrected chi connectivity index (χ1v) is 8.48. The van der Waals surface area contributed by atoms with Crippen molar-refractivity contribution in [2.75, 3.05) is 19.6 Å². The molecule has 22 heavy (non-hydrogen) atoms. The van der Waals surface area contributed by atoms with Crippen LogP contribution in [-0.4, -0.2) is 40.5 Å². The molecule has 4 heteroatoms. The van der Waals surface area contributed by atoms with E-state index in [0.717, 1.165) is 18.1 Å². The number of hydrogen-bond donors (Lipinski definition) is 2. The molecule has 0 saturated carbocycles. The molecule has 0 spiro atoms. The summed E-state index contributed by atoms with van der Waals surface area (Å²) in [6.45, 7) is 3.54. The average Bonchev–Trinajstić information content (AvgIpc) is 3.30. The van der Waals surface area contributed by atoms with E-state index in [-0.39, 0.29) is 0 Å². The predicted octanol–water partition coefficient (Wildman–Crippen LogP) is 2.97. The van der Waals surface area contributed by atoms with Crippen LogP contribution in [0.25, 0.3) is 11.3 Å². The monoisotopic (exact) mass is 296 g/mol. The van der Waals surface area contributed by atoms with Crippen LogP contribution in [0.4, 0.5) is 0 Å². The van der Waals surface area contributed by atoms with Crippen LogP contribution >= 0.6 is 0 Å². The van der Waals surface area contributed by atoms with Gasteiger partial charge in [-0.15, -0.1) is 0 Å². The van der Waals surface area contributed by atoms with Crippen molar-refractivity contribution in [3.8, 4) is 11.3 Å². The smallest absolute Gasteiger partial charge is 0.123 e. The number of nitrogens with one attached hydrogen (secondary N) is 2. The van der Waals surface area contributed by atoms with Gasteiger partial charge in [0.1, 0.15) is 5.82 Å². The first kappa shape index (κ1) is 14.0. The number of aromatic amines is 1. The number of nitrogens with zero attached hydrogens (tertiary/aromatic N) is 2. The van der Waals surface area contributed by atoms with Crippen molar-refractivity contribution < 1.29 is 0 Å². The Morgan fingerprint density at radius 3 is 2.86 bits per heavy atom. The van der Waals surface area contributed by atoms with Gasteiger partial charge in [0.05, 0.1) is 17.9 Å². The van der Waals surface area contributed by atoms with Crippen molar-refractivity contribution in [2.24, 2.45) is 0 Å². The van der Waals surface area contributed by atoms with Crippen molar-refractivity contribution in [2.45, 2.75) is 37.8 Å². The highest BCUT2D eigenvalue weighted by Crippen LogP contribution is 2.32. The molecule has 116 valence electrons. The third kappa shape index (κ3) is 2.81. The highest BCUT2D eigenvalue weighted by atomic mass is 15.2. The quantitative estimate of drug-likeness (QED) is 0.911. The van der Waals surface area contributed by atoms with Gasteiger partial charge in [-0.3, -0.25) is 4.90 Å². The van der Waals surface area contributed by atoms with Crippen LogP contribution in [0.1, 0.15) is 37.5 Å². The van der Waals surface area contributed by atoms with Crippen LogP contribution in [0.5, 0.6) is 0 Å². The van der Waals surface area contributed by atoms with Gasteiger partial charge in [-0.25, -0.2) is 4.98 Å². The molecule has 2 saturated heterocycles. The molecule has 0 aliphatic carbocycles.